The van der Waals surface area contributed by atoms with Gasteiger partial charge in [0.15, 0.2) is 0 Å². The Bertz CT molecular complexity index is 731. The molecule has 1 aromatic heterocycles. The van der Waals surface area contributed by atoms with Gasteiger partial charge >= 0.3 is 6.18 Å². The molecule has 1 aromatic carbocycles. The van der Waals surface area contributed by atoms with E-state index in [2.05, 4.69) is 4.98 Å². The highest BCUT2D eigenvalue weighted by Crippen LogP contribution is 2.33. The van der Waals surface area contributed by atoms with Crippen LogP contribution in [-0.4, -0.2) is 35.4 Å². The highest BCUT2D eigenvalue weighted by Gasteiger charge is 2.36. The Morgan fingerprint density at radius 1 is 1.16 bits per heavy atom. The van der Waals surface area contributed by atoms with E-state index in [-0.39, 0.29) is 23.3 Å². The summed E-state index contributed by atoms with van der Waals surface area (Å²) >= 11 is 0. The topological polar surface area (TPSA) is 59.2 Å². The van der Waals surface area contributed by atoms with Crippen LogP contribution in [0.1, 0.15) is 27.5 Å². The number of amides is 1. The van der Waals surface area contributed by atoms with Crippen LogP contribution in [0, 0.1) is 5.92 Å². The molecular weight excluding hydrogens is 331 g/mol. The predicted molar refractivity (Wildman–Crippen MR) is 86.9 cm³/mol. The number of halogens is 3. The minimum absolute atomic E-state index is 0.119. The van der Waals surface area contributed by atoms with Gasteiger partial charge in [-0.1, -0.05) is 30.3 Å². The molecule has 7 heteroatoms. The van der Waals surface area contributed by atoms with Gasteiger partial charge < -0.3 is 10.6 Å². The fourth-order valence-electron chi connectivity index (χ4n) is 3.22. The zero-order valence-electron chi connectivity index (χ0n) is 13.4. The minimum atomic E-state index is -4.52. The van der Waals surface area contributed by atoms with Gasteiger partial charge in [-0.25, -0.2) is 0 Å². The molecule has 0 aliphatic carbocycles. The molecule has 2 heterocycles. The van der Waals surface area contributed by atoms with E-state index in [0.29, 0.717) is 19.6 Å². The first kappa shape index (κ1) is 17.4. The Labute approximate surface area is 143 Å². The molecule has 4 nitrogen and oxygen atoms in total. The number of nitrogens with two attached hydrogens (primary N) is 1. The van der Waals surface area contributed by atoms with Gasteiger partial charge in [0.2, 0.25) is 0 Å². The fraction of sp³-hybridized carbons (Fsp3) is 0.333. The highest BCUT2D eigenvalue weighted by atomic mass is 19.4. The van der Waals surface area contributed by atoms with E-state index in [1.807, 2.05) is 30.3 Å². The lowest BCUT2D eigenvalue weighted by molar-refractivity contribution is -0.141. The van der Waals surface area contributed by atoms with Crippen molar-refractivity contribution in [2.24, 2.45) is 11.7 Å². The van der Waals surface area contributed by atoms with E-state index in [9.17, 15) is 18.0 Å². The summed E-state index contributed by atoms with van der Waals surface area (Å²) in [6, 6.07) is 11.8. The van der Waals surface area contributed by atoms with Crippen molar-refractivity contribution in [1.82, 2.24) is 9.88 Å². The van der Waals surface area contributed by atoms with Crippen LogP contribution < -0.4 is 5.73 Å². The lowest BCUT2D eigenvalue weighted by atomic mass is 9.89. The number of carbonyl (C=O) groups excluding carboxylic acids is 1. The number of hydrogen-bond acceptors (Lipinski definition) is 3. The van der Waals surface area contributed by atoms with E-state index < -0.39 is 11.9 Å². The Hall–Kier alpha value is -2.41. The lowest BCUT2D eigenvalue weighted by Crippen LogP contribution is -2.30. The maximum Gasteiger partial charge on any atom is 0.433 e. The number of carbonyl (C=O) groups is 1. The molecule has 1 amide bonds. The summed E-state index contributed by atoms with van der Waals surface area (Å²) in [6.45, 7) is 1.41. The van der Waals surface area contributed by atoms with Gasteiger partial charge in [0.05, 0.1) is 5.56 Å². The standard InChI is InChI=1S/C18H18F3N3O/c19-18(20,21)16-7-6-13(9-23-16)17(25)24-10-14(8-22)15(11-24)12-4-2-1-3-5-12/h1-7,9,14-15H,8,10-11,22H2/t14-,15+/m1/s1. The van der Waals surface area contributed by atoms with Crippen LogP contribution in [0.3, 0.4) is 0 Å². The highest BCUT2D eigenvalue weighted by molar-refractivity contribution is 5.94. The van der Waals surface area contributed by atoms with Crippen LogP contribution in [0.4, 0.5) is 13.2 Å². The first-order valence-electron chi connectivity index (χ1n) is 7.97. The van der Waals surface area contributed by atoms with E-state index in [0.717, 1.165) is 17.8 Å². The SMILES string of the molecule is NC[C@@H]1CN(C(=O)c2ccc(C(F)(F)F)nc2)C[C@H]1c1ccccc1. The third-order valence-corrected chi connectivity index (χ3v) is 4.56. The number of alkyl halides is 3. The van der Waals surface area contributed by atoms with Crippen molar-refractivity contribution in [3.05, 3.63) is 65.5 Å². The maximum atomic E-state index is 12.6. The van der Waals surface area contributed by atoms with Crippen LogP contribution >= 0.6 is 0 Å². The minimum Gasteiger partial charge on any atom is -0.338 e. The van der Waals surface area contributed by atoms with Crippen LogP contribution in [0.15, 0.2) is 48.7 Å². The average Bonchev–Trinajstić information content (AvgIpc) is 3.05. The van der Waals surface area contributed by atoms with E-state index in [4.69, 9.17) is 5.73 Å². The smallest absolute Gasteiger partial charge is 0.338 e. The third-order valence-electron chi connectivity index (χ3n) is 4.56. The van der Waals surface area contributed by atoms with E-state index >= 15 is 0 Å². The van der Waals surface area contributed by atoms with Crippen molar-refractivity contribution >= 4 is 5.91 Å². The van der Waals surface area contributed by atoms with Crippen molar-refractivity contribution in [3.8, 4) is 0 Å². The van der Waals surface area contributed by atoms with Crippen LogP contribution in [0.25, 0.3) is 0 Å². The number of nitrogens with zero attached hydrogens (tertiary/aromatic N) is 2. The van der Waals surface area contributed by atoms with Crippen molar-refractivity contribution < 1.29 is 18.0 Å². The second-order valence-electron chi connectivity index (χ2n) is 6.15. The summed E-state index contributed by atoms with van der Waals surface area (Å²) < 4.78 is 37.8. The molecule has 0 unspecified atom stereocenters. The number of benzene rings is 1. The zero-order valence-corrected chi connectivity index (χ0v) is 13.4. The Kier molecular flexibility index (Phi) is 4.76. The largest absolute Gasteiger partial charge is 0.433 e. The molecule has 3 rings (SSSR count). The molecule has 1 aliphatic heterocycles. The molecule has 0 spiro atoms. The molecule has 0 radical (unpaired) electrons. The monoisotopic (exact) mass is 349 g/mol. The fourth-order valence-corrected chi connectivity index (χ4v) is 3.22. The second-order valence-corrected chi connectivity index (χ2v) is 6.15. The molecule has 2 aromatic rings. The summed E-state index contributed by atoms with van der Waals surface area (Å²) in [5.74, 6) is -0.0792. The number of aromatic nitrogens is 1. The van der Waals surface area contributed by atoms with Crippen molar-refractivity contribution in [3.63, 3.8) is 0 Å². The molecule has 2 N–H and O–H groups in total. The third kappa shape index (κ3) is 3.66. The van der Waals surface area contributed by atoms with Gasteiger partial charge in [0, 0.05) is 25.2 Å². The second kappa shape index (κ2) is 6.84. The normalized spacial score (nSPS) is 20.7. The first-order chi connectivity index (χ1) is 11.9. The van der Waals surface area contributed by atoms with Crippen LogP contribution in [0.5, 0.6) is 0 Å². The number of pyridine rings is 1. The van der Waals surface area contributed by atoms with Crippen LogP contribution in [-0.2, 0) is 6.18 Å². The average molecular weight is 349 g/mol. The molecule has 1 aliphatic rings. The van der Waals surface area contributed by atoms with E-state index in [1.54, 1.807) is 4.90 Å². The zero-order chi connectivity index (χ0) is 18.0. The van der Waals surface area contributed by atoms with Gasteiger partial charge in [-0.15, -0.1) is 0 Å². The van der Waals surface area contributed by atoms with Gasteiger partial charge in [-0.2, -0.15) is 13.2 Å². The number of likely N-dealkylation sites (tertiary alicyclic amines) is 1. The van der Waals surface area contributed by atoms with Gasteiger partial charge in [0.25, 0.3) is 5.91 Å². The molecule has 1 fully saturated rings. The molecule has 0 saturated carbocycles. The lowest BCUT2D eigenvalue weighted by Gasteiger charge is -2.17. The summed E-state index contributed by atoms with van der Waals surface area (Å²) in [5, 5.41) is 0. The quantitative estimate of drug-likeness (QED) is 0.927. The van der Waals surface area contributed by atoms with Crippen molar-refractivity contribution in [2.45, 2.75) is 12.1 Å². The molecular formula is C18H18F3N3O. The van der Waals surface area contributed by atoms with Gasteiger partial charge in [0.1, 0.15) is 5.69 Å². The summed E-state index contributed by atoms with van der Waals surface area (Å²) in [5.41, 5.74) is 6.11. The molecule has 25 heavy (non-hydrogen) atoms. The Morgan fingerprint density at radius 3 is 2.44 bits per heavy atom. The Balaban J connectivity index is 1.77. The van der Waals surface area contributed by atoms with Gasteiger partial charge in [-0.3, -0.25) is 9.78 Å². The van der Waals surface area contributed by atoms with E-state index in [1.165, 1.54) is 6.07 Å². The maximum absolute atomic E-state index is 12.6. The van der Waals surface area contributed by atoms with Crippen molar-refractivity contribution in [2.75, 3.05) is 19.6 Å². The summed E-state index contributed by atoms with van der Waals surface area (Å²) in [6.07, 6.45) is -3.53. The summed E-state index contributed by atoms with van der Waals surface area (Å²) in [7, 11) is 0. The number of rotatable bonds is 3. The molecule has 132 valence electrons. The van der Waals surface area contributed by atoms with Crippen LogP contribution in [0.2, 0.25) is 0 Å². The van der Waals surface area contributed by atoms with Gasteiger partial charge in [-0.05, 0) is 30.2 Å². The first-order valence-corrected chi connectivity index (χ1v) is 7.97. The Morgan fingerprint density at radius 2 is 1.88 bits per heavy atom. The number of hydrogen-bond donors (Lipinski definition) is 1. The molecule has 0 bridgehead atoms. The summed E-state index contributed by atoms with van der Waals surface area (Å²) in [4.78, 5) is 17.6. The predicted octanol–water partition coefficient (Wildman–Crippen LogP) is 2.91. The van der Waals surface area contributed by atoms with Crippen molar-refractivity contribution in [1.29, 1.82) is 0 Å². The molecule has 2 atom stereocenters. The molecule has 1 saturated heterocycles.